The first-order valence-corrected chi connectivity index (χ1v) is 7.86. The van der Waals surface area contributed by atoms with Crippen molar-refractivity contribution in [2.45, 2.75) is 45.3 Å². The second kappa shape index (κ2) is 8.67. The molecule has 0 aliphatic rings. The molecule has 23 heavy (non-hydrogen) atoms. The minimum absolute atomic E-state index is 0.0778. The summed E-state index contributed by atoms with van der Waals surface area (Å²) in [5.74, 6) is -0.287. The normalized spacial score (nSPS) is 12.3. The summed E-state index contributed by atoms with van der Waals surface area (Å²) in [4.78, 5) is 11.9. The summed E-state index contributed by atoms with van der Waals surface area (Å²) in [6.07, 6.45) is 0.683. The van der Waals surface area contributed by atoms with Gasteiger partial charge in [0.25, 0.3) is 0 Å². The molecule has 1 unspecified atom stereocenters. The zero-order chi connectivity index (χ0) is 17.5. The van der Waals surface area contributed by atoms with Crippen LogP contribution in [0.5, 0.6) is 0 Å². The van der Waals surface area contributed by atoms with E-state index in [4.69, 9.17) is 22.7 Å². The Morgan fingerprint density at radius 3 is 2.57 bits per heavy atom. The van der Waals surface area contributed by atoms with Gasteiger partial charge >= 0.3 is 6.09 Å². The summed E-state index contributed by atoms with van der Waals surface area (Å²) < 4.78 is 18.4. The Labute approximate surface area is 141 Å². The molecular weight excluding hydrogens is 317 g/mol. The first-order valence-electron chi connectivity index (χ1n) is 7.45. The zero-order valence-corrected chi connectivity index (χ0v) is 14.5. The van der Waals surface area contributed by atoms with Crippen molar-refractivity contribution >= 4 is 23.4 Å². The number of ether oxygens (including phenoxy) is 1. The minimum Gasteiger partial charge on any atom is -0.443 e. The molecule has 0 radical (unpaired) electrons. The van der Waals surface area contributed by atoms with Crippen LogP contribution in [0.2, 0.25) is 0 Å². The van der Waals surface area contributed by atoms with E-state index in [1.54, 1.807) is 12.1 Å². The summed E-state index contributed by atoms with van der Waals surface area (Å²) in [5, 5.41) is 5.82. The molecule has 1 amide bonds. The number of halogens is 1. The monoisotopic (exact) mass is 341 g/mol. The van der Waals surface area contributed by atoms with E-state index in [9.17, 15) is 9.18 Å². The number of carbonyl (C=O) groups is 1. The summed E-state index contributed by atoms with van der Waals surface area (Å²) in [7, 11) is 0. The molecule has 4 N–H and O–H groups in total. The lowest BCUT2D eigenvalue weighted by molar-refractivity contribution is 0.0375. The number of amides is 1. The van der Waals surface area contributed by atoms with Crippen LogP contribution < -0.4 is 16.4 Å². The molecule has 1 aromatic carbocycles. The summed E-state index contributed by atoms with van der Waals surface area (Å²) >= 11 is 4.71. The molecule has 1 atom stereocenters. The number of nitrogens with two attached hydrogens (primary N) is 1. The van der Waals surface area contributed by atoms with Crippen LogP contribution in [0.1, 0.15) is 32.8 Å². The van der Waals surface area contributed by atoms with E-state index in [1.165, 1.54) is 12.1 Å². The molecule has 0 aliphatic carbocycles. The van der Waals surface area contributed by atoms with Gasteiger partial charge < -0.3 is 21.1 Å². The highest BCUT2D eigenvalue weighted by Gasteiger charge is 2.24. The molecule has 0 saturated heterocycles. The Balaban J connectivity index is 2.41. The second-order valence-electron chi connectivity index (χ2n) is 6.08. The zero-order valence-electron chi connectivity index (χ0n) is 13.7. The van der Waals surface area contributed by atoms with Gasteiger partial charge in [-0.2, -0.15) is 0 Å². The van der Waals surface area contributed by atoms with Gasteiger partial charge in [0.1, 0.15) is 11.4 Å². The van der Waals surface area contributed by atoms with Crippen LogP contribution in [0.4, 0.5) is 9.18 Å². The standard InChI is InChI=1S/C16H24FN3O2S/c1-11(8-9-19-14(18)23)20-15(21)22-16(2,3)10-12-4-6-13(17)7-5-12/h4-7,11H,8-10H2,1-3H3,(H,20,21)(H3,18,19,23). The third-order valence-electron chi connectivity index (χ3n) is 3.15. The van der Waals surface area contributed by atoms with E-state index in [0.29, 0.717) is 19.4 Å². The maximum Gasteiger partial charge on any atom is 0.407 e. The first kappa shape index (κ1) is 19.2. The van der Waals surface area contributed by atoms with Crippen molar-refractivity contribution in [1.29, 1.82) is 0 Å². The van der Waals surface area contributed by atoms with Crippen LogP contribution in [0.15, 0.2) is 24.3 Å². The SMILES string of the molecule is CC(CCNC(N)=S)NC(=O)OC(C)(C)Cc1ccc(F)cc1. The molecule has 128 valence electrons. The Bertz CT molecular complexity index is 535. The molecule has 5 nitrogen and oxygen atoms in total. The van der Waals surface area contributed by atoms with E-state index in [1.807, 2.05) is 20.8 Å². The maximum atomic E-state index is 12.9. The third-order valence-corrected chi connectivity index (χ3v) is 3.30. The Hall–Kier alpha value is -1.89. The smallest absolute Gasteiger partial charge is 0.407 e. The van der Waals surface area contributed by atoms with Gasteiger partial charge in [0.05, 0.1) is 0 Å². The van der Waals surface area contributed by atoms with Gasteiger partial charge in [-0.3, -0.25) is 0 Å². The van der Waals surface area contributed by atoms with Crippen LogP contribution >= 0.6 is 12.2 Å². The third kappa shape index (κ3) is 8.35. The lowest BCUT2D eigenvalue weighted by Gasteiger charge is -2.26. The van der Waals surface area contributed by atoms with Crippen molar-refractivity contribution in [2.24, 2.45) is 5.73 Å². The van der Waals surface area contributed by atoms with Crippen LogP contribution in [0.3, 0.4) is 0 Å². The quantitative estimate of drug-likeness (QED) is 0.664. The number of thiocarbonyl (C=S) groups is 1. The molecule has 0 bridgehead atoms. The summed E-state index contributed by atoms with van der Waals surface area (Å²) in [5.41, 5.74) is 5.54. The predicted octanol–water partition coefficient (Wildman–Crippen LogP) is 2.48. The largest absolute Gasteiger partial charge is 0.443 e. The highest BCUT2D eigenvalue weighted by atomic mass is 32.1. The van der Waals surface area contributed by atoms with Crippen molar-refractivity contribution in [2.75, 3.05) is 6.54 Å². The summed E-state index contributed by atoms with van der Waals surface area (Å²) in [6.45, 7) is 6.08. The fraction of sp³-hybridized carbons (Fsp3) is 0.500. The van der Waals surface area contributed by atoms with Crippen molar-refractivity contribution in [3.05, 3.63) is 35.6 Å². The van der Waals surface area contributed by atoms with Crippen LogP contribution in [-0.2, 0) is 11.2 Å². The molecule has 0 aliphatic heterocycles. The lowest BCUT2D eigenvalue weighted by Crippen LogP contribution is -2.41. The second-order valence-corrected chi connectivity index (χ2v) is 6.52. The van der Waals surface area contributed by atoms with Gasteiger partial charge in [-0.15, -0.1) is 0 Å². The maximum absolute atomic E-state index is 12.9. The van der Waals surface area contributed by atoms with Crippen LogP contribution in [0.25, 0.3) is 0 Å². The number of rotatable bonds is 7. The van der Waals surface area contributed by atoms with E-state index < -0.39 is 11.7 Å². The van der Waals surface area contributed by atoms with Gasteiger partial charge in [-0.1, -0.05) is 12.1 Å². The number of hydrogen-bond donors (Lipinski definition) is 3. The van der Waals surface area contributed by atoms with Gasteiger partial charge in [0.2, 0.25) is 0 Å². The highest BCUT2D eigenvalue weighted by Crippen LogP contribution is 2.17. The van der Waals surface area contributed by atoms with Gasteiger partial charge in [-0.05, 0) is 57.1 Å². The summed E-state index contributed by atoms with van der Waals surface area (Å²) in [6, 6.07) is 6.07. The van der Waals surface area contributed by atoms with Crippen molar-refractivity contribution in [3.63, 3.8) is 0 Å². The molecule has 1 rings (SSSR count). The van der Waals surface area contributed by atoms with E-state index in [2.05, 4.69) is 10.6 Å². The van der Waals surface area contributed by atoms with Gasteiger partial charge in [-0.25, -0.2) is 9.18 Å². The first-order chi connectivity index (χ1) is 10.7. The predicted molar refractivity (Wildman–Crippen MR) is 92.7 cm³/mol. The van der Waals surface area contributed by atoms with E-state index >= 15 is 0 Å². The molecule has 0 heterocycles. The van der Waals surface area contributed by atoms with E-state index in [-0.39, 0.29) is 17.0 Å². The Kier molecular flexibility index (Phi) is 7.22. The number of nitrogens with one attached hydrogen (secondary N) is 2. The van der Waals surface area contributed by atoms with Gasteiger partial charge in [0.15, 0.2) is 5.11 Å². The molecule has 0 saturated carbocycles. The van der Waals surface area contributed by atoms with Crippen molar-refractivity contribution in [3.8, 4) is 0 Å². The van der Waals surface area contributed by atoms with Crippen LogP contribution in [0, 0.1) is 5.82 Å². The average molecular weight is 341 g/mol. The number of hydrogen-bond acceptors (Lipinski definition) is 3. The Morgan fingerprint density at radius 2 is 2.00 bits per heavy atom. The molecular formula is C16H24FN3O2S. The van der Waals surface area contributed by atoms with Crippen molar-refractivity contribution in [1.82, 2.24) is 10.6 Å². The molecule has 0 spiro atoms. The topological polar surface area (TPSA) is 76.4 Å². The lowest BCUT2D eigenvalue weighted by atomic mass is 9.98. The molecule has 0 aromatic heterocycles. The number of carbonyl (C=O) groups excluding carboxylic acids is 1. The fourth-order valence-electron chi connectivity index (χ4n) is 2.10. The average Bonchev–Trinajstić information content (AvgIpc) is 2.39. The van der Waals surface area contributed by atoms with Gasteiger partial charge in [0, 0.05) is 19.0 Å². The molecule has 0 fully saturated rings. The van der Waals surface area contributed by atoms with Crippen LogP contribution in [-0.4, -0.2) is 29.4 Å². The molecule has 7 heteroatoms. The number of alkyl carbamates (subject to hydrolysis) is 1. The molecule has 1 aromatic rings. The van der Waals surface area contributed by atoms with Crippen molar-refractivity contribution < 1.29 is 13.9 Å². The minimum atomic E-state index is -0.696. The Morgan fingerprint density at radius 1 is 1.39 bits per heavy atom. The fourth-order valence-corrected chi connectivity index (χ4v) is 2.20. The highest BCUT2D eigenvalue weighted by molar-refractivity contribution is 7.80. The number of benzene rings is 1. The van der Waals surface area contributed by atoms with E-state index in [0.717, 1.165) is 5.56 Å².